The lowest BCUT2D eigenvalue weighted by molar-refractivity contribution is -0.0495. The number of rotatable bonds is 7. The predicted octanol–water partition coefficient (Wildman–Crippen LogP) is 4.01. The molecule has 4 rings (SSSR count). The number of imidazole rings is 1. The van der Waals surface area contributed by atoms with E-state index in [-0.39, 0.29) is 35.8 Å². The summed E-state index contributed by atoms with van der Waals surface area (Å²) in [6.07, 6.45) is 0.870. The molecule has 0 amide bonds. The van der Waals surface area contributed by atoms with Crippen LogP contribution < -0.4 is 20.3 Å². The summed E-state index contributed by atoms with van der Waals surface area (Å²) in [5.41, 5.74) is 2.79. The molecule has 1 aliphatic heterocycles. The van der Waals surface area contributed by atoms with Crippen LogP contribution in [0.1, 0.15) is 12.2 Å². The molecule has 1 fully saturated rings. The van der Waals surface area contributed by atoms with Gasteiger partial charge in [0.15, 0.2) is 5.96 Å². The molecule has 7 nitrogen and oxygen atoms in total. The Morgan fingerprint density at radius 1 is 1.21 bits per heavy atom. The Morgan fingerprint density at radius 3 is 2.76 bits per heavy atom. The fourth-order valence-electron chi connectivity index (χ4n) is 4.16. The smallest absolute Gasteiger partial charge is 0.387 e. The standard InChI is InChI=1S/C23H28F2N6O.HI/c1-16-28-18-7-3-4-8-19(18)31(16)14-12-27-23(26-2)29-17-11-13-30(15-17)20-9-5-6-10-21(20)32-22(24)25;/h3-10,17,22H,11-15H2,1-2H3,(H2,26,27,29);1H. The van der Waals surface area contributed by atoms with E-state index in [4.69, 9.17) is 0 Å². The van der Waals surface area contributed by atoms with Crippen LogP contribution in [0.3, 0.4) is 0 Å². The zero-order chi connectivity index (χ0) is 22.5. The number of guanidine groups is 1. The third kappa shape index (κ3) is 6.04. The summed E-state index contributed by atoms with van der Waals surface area (Å²) in [7, 11) is 1.74. The molecule has 10 heteroatoms. The molecule has 1 saturated heterocycles. The number of hydrogen-bond acceptors (Lipinski definition) is 4. The van der Waals surface area contributed by atoms with Crippen LogP contribution >= 0.6 is 24.0 Å². The Hall–Kier alpha value is -2.63. The number of para-hydroxylation sites is 4. The maximum Gasteiger partial charge on any atom is 0.387 e. The van der Waals surface area contributed by atoms with Crippen molar-refractivity contribution in [3.05, 3.63) is 54.4 Å². The SMILES string of the molecule is CN=C(NCCn1c(C)nc2ccccc21)NC1CCN(c2ccccc2OC(F)F)C1.I. The van der Waals surface area contributed by atoms with Crippen molar-refractivity contribution >= 4 is 46.7 Å². The number of anilines is 1. The first kappa shape index (κ1) is 25.0. The van der Waals surface area contributed by atoms with Gasteiger partial charge < -0.3 is 24.8 Å². The average molecular weight is 570 g/mol. The van der Waals surface area contributed by atoms with Crippen LogP contribution in [-0.2, 0) is 6.54 Å². The highest BCUT2D eigenvalue weighted by atomic mass is 127. The Balaban J connectivity index is 0.00000306. The van der Waals surface area contributed by atoms with Gasteiger partial charge in [0, 0.05) is 39.3 Å². The van der Waals surface area contributed by atoms with E-state index >= 15 is 0 Å². The van der Waals surface area contributed by atoms with Gasteiger partial charge in [0.05, 0.1) is 16.7 Å². The zero-order valence-corrected chi connectivity index (χ0v) is 21.0. The van der Waals surface area contributed by atoms with Crippen molar-refractivity contribution in [1.29, 1.82) is 0 Å². The number of nitrogens with one attached hydrogen (secondary N) is 2. The van der Waals surface area contributed by atoms with Gasteiger partial charge in [0.2, 0.25) is 0 Å². The summed E-state index contributed by atoms with van der Waals surface area (Å²) in [6.45, 7) is 2.06. The third-order valence-electron chi connectivity index (χ3n) is 5.65. The number of aromatic nitrogens is 2. The lowest BCUT2D eigenvalue weighted by atomic mass is 10.2. The molecule has 0 radical (unpaired) electrons. The topological polar surface area (TPSA) is 66.7 Å². The number of benzene rings is 2. The minimum atomic E-state index is -2.84. The summed E-state index contributed by atoms with van der Waals surface area (Å²) in [6, 6.07) is 15.2. The van der Waals surface area contributed by atoms with Gasteiger partial charge >= 0.3 is 6.61 Å². The van der Waals surface area contributed by atoms with Gasteiger partial charge in [-0.1, -0.05) is 24.3 Å². The third-order valence-corrected chi connectivity index (χ3v) is 5.65. The fourth-order valence-corrected chi connectivity index (χ4v) is 4.16. The van der Waals surface area contributed by atoms with E-state index in [0.29, 0.717) is 18.8 Å². The summed E-state index contributed by atoms with van der Waals surface area (Å²) >= 11 is 0. The molecule has 0 spiro atoms. The highest BCUT2D eigenvalue weighted by Crippen LogP contribution is 2.31. The lowest BCUT2D eigenvalue weighted by Crippen LogP contribution is -2.45. The van der Waals surface area contributed by atoms with Gasteiger partial charge in [-0.2, -0.15) is 8.78 Å². The van der Waals surface area contributed by atoms with Crippen LogP contribution in [0.4, 0.5) is 14.5 Å². The van der Waals surface area contributed by atoms with Crippen molar-refractivity contribution < 1.29 is 13.5 Å². The molecule has 0 saturated carbocycles. The second-order valence-electron chi connectivity index (χ2n) is 7.72. The number of alkyl halides is 2. The number of hydrogen-bond donors (Lipinski definition) is 2. The van der Waals surface area contributed by atoms with Crippen LogP contribution in [0.2, 0.25) is 0 Å². The van der Waals surface area contributed by atoms with E-state index < -0.39 is 6.61 Å². The highest BCUT2D eigenvalue weighted by Gasteiger charge is 2.26. The zero-order valence-electron chi connectivity index (χ0n) is 18.7. The van der Waals surface area contributed by atoms with Crippen molar-refractivity contribution in [1.82, 2.24) is 20.2 Å². The van der Waals surface area contributed by atoms with Crippen molar-refractivity contribution in [2.45, 2.75) is 32.5 Å². The van der Waals surface area contributed by atoms with Gasteiger partial charge in [-0.05, 0) is 37.6 Å². The minimum absolute atomic E-state index is 0. The molecule has 0 bridgehead atoms. The number of aryl methyl sites for hydroxylation is 1. The highest BCUT2D eigenvalue weighted by molar-refractivity contribution is 14.0. The van der Waals surface area contributed by atoms with Crippen LogP contribution in [0.5, 0.6) is 5.75 Å². The van der Waals surface area contributed by atoms with Gasteiger partial charge in [-0.15, -0.1) is 24.0 Å². The summed E-state index contributed by atoms with van der Waals surface area (Å²) in [5.74, 6) is 1.90. The summed E-state index contributed by atoms with van der Waals surface area (Å²) < 4.78 is 32.3. The van der Waals surface area contributed by atoms with Gasteiger partial charge in [0.25, 0.3) is 0 Å². The summed E-state index contributed by atoms with van der Waals surface area (Å²) in [5, 5.41) is 6.81. The largest absolute Gasteiger partial charge is 0.433 e. The fraction of sp³-hybridized carbons (Fsp3) is 0.391. The number of ether oxygens (including phenoxy) is 1. The van der Waals surface area contributed by atoms with Crippen molar-refractivity contribution in [2.24, 2.45) is 4.99 Å². The molecule has 2 N–H and O–H groups in total. The molecule has 178 valence electrons. The normalized spacial score (nSPS) is 16.2. The predicted molar refractivity (Wildman–Crippen MR) is 138 cm³/mol. The maximum absolute atomic E-state index is 12.7. The number of halogens is 3. The molecule has 1 unspecified atom stereocenters. The first-order valence-corrected chi connectivity index (χ1v) is 10.7. The van der Waals surface area contributed by atoms with E-state index in [1.54, 1.807) is 19.2 Å². The lowest BCUT2D eigenvalue weighted by Gasteiger charge is -2.22. The van der Waals surface area contributed by atoms with E-state index in [0.717, 1.165) is 42.3 Å². The van der Waals surface area contributed by atoms with Crippen LogP contribution in [0, 0.1) is 6.92 Å². The number of fused-ring (bicyclic) bond motifs is 1. The molecule has 1 atom stereocenters. The number of nitrogens with zero attached hydrogens (tertiary/aromatic N) is 4. The Morgan fingerprint density at radius 2 is 1.97 bits per heavy atom. The first-order chi connectivity index (χ1) is 15.5. The van der Waals surface area contributed by atoms with E-state index in [1.807, 2.05) is 37.3 Å². The quantitative estimate of drug-likeness (QED) is 0.256. The van der Waals surface area contributed by atoms with Crippen LogP contribution in [-0.4, -0.2) is 54.8 Å². The molecule has 1 aromatic heterocycles. The molecule has 0 aliphatic carbocycles. The van der Waals surface area contributed by atoms with Gasteiger partial charge in [0.1, 0.15) is 11.6 Å². The Bertz CT molecular complexity index is 1090. The molecule has 3 aromatic rings. The summed E-state index contributed by atoms with van der Waals surface area (Å²) in [4.78, 5) is 11.0. The van der Waals surface area contributed by atoms with Crippen molar-refractivity contribution in [3.63, 3.8) is 0 Å². The van der Waals surface area contributed by atoms with Crippen molar-refractivity contribution in [2.75, 3.05) is 31.6 Å². The van der Waals surface area contributed by atoms with E-state index in [1.165, 1.54) is 0 Å². The molecule has 33 heavy (non-hydrogen) atoms. The molecule has 1 aliphatic rings. The maximum atomic E-state index is 12.7. The van der Waals surface area contributed by atoms with E-state index in [2.05, 4.69) is 40.9 Å². The number of aliphatic imine (C=N–C) groups is 1. The second kappa shape index (κ2) is 11.5. The molecule has 2 aromatic carbocycles. The van der Waals surface area contributed by atoms with Crippen LogP contribution in [0.25, 0.3) is 11.0 Å². The van der Waals surface area contributed by atoms with E-state index in [9.17, 15) is 8.78 Å². The Labute approximate surface area is 209 Å². The first-order valence-electron chi connectivity index (χ1n) is 10.7. The molecular formula is C23H29F2IN6O. The molecular weight excluding hydrogens is 541 g/mol. The Kier molecular flexibility index (Phi) is 8.70. The second-order valence-corrected chi connectivity index (χ2v) is 7.72. The van der Waals surface area contributed by atoms with Crippen LogP contribution in [0.15, 0.2) is 53.5 Å². The van der Waals surface area contributed by atoms with Crippen molar-refractivity contribution in [3.8, 4) is 5.75 Å². The molecule has 2 heterocycles. The minimum Gasteiger partial charge on any atom is -0.433 e. The monoisotopic (exact) mass is 570 g/mol. The van der Waals surface area contributed by atoms with Gasteiger partial charge in [-0.25, -0.2) is 4.98 Å². The average Bonchev–Trinajstić information content (AvgIpc) is 3.37. The van der Waals surface area contributed by atoms with Gasteiger partial charge in [-0.3, -0.25) is 4.99 Å².